The number of aliphatic hydroxyl groups excluding tert-OH is 1. The van der Waals surface area contributed by atoms with Crippen LogP contribution in [0.2, 0.25) is 0 Å². The van der Waals surface area contributed by atoms with Crippen LogP contribution in [0.3, 0.4) is 0 Å². The predicted molar refractivity (Wildman–Crippen MR) is 174 cm³/mol. The molecule has 0 aromatic heterocycles. The van der Waals surface area contributed by atoms with Gasteiger partial charge in [0, 0.05) is 0 Å². The second-order valence-electron chi connectivity index (χ2n) is 11.8. The molecule has 1 saturated heterocycles. The van der Waals surface area contributed by atoms with Gasteiger partial charge in [-0.05, 0) is 73.3 Å². The lowest BCUT2D eigenvalue weighted by Gasteiger charge is -2.32. The molecule has 7 nitrogen and oxygen atoms in total. The van der Waals surface area contributed by atoms with E-state index in [-0.39, 0.29) is 19.8 Å². The molecule has 6 aromatic carbocycles. The highest BCUT2D eigenvalue weighted by atomic mass is 16.6. The first-order chi connectivity index (χ1) is 22.0. The van der Waals surface area contributed by atoms with Crippen molar-refractivity contribution < 1.29 is 33.9 Å². The third kappa shape index (κ3) is 5.58. The maximum absolute atomic E-state index is 12.0. The molecule has 0 aliphatic carbocycles. The highest BCUT2D eigenvalue weighted by Crippen LogP contribution is 2.42. The first-order valence-corrected chi connectivity index (χ1v) is 15.1. The Morgan fingerprint density at radius 2 is 1.31 bits per heavy atom. The summed E-state index contributed by atoms with van der Waals surface area (Å²) in [5.41, 5.74) is 1.08. The van der Waals surface area contributed by atoms with Crippen molar-refractivity contribution in [2.75, 3.05) is 27.4 Å². The van der Waals surface area contributed by atoms with E-state index < -0.39 is 23.9 Å². The second kappa shape index (κ2) is 12.3. The summed E-state index contributed by atoms with van der Waals surface area (Å²) >= 11 is 0. The third-order valence-corrected chi connectivity index (χ3v) is 8.91. The fraction of sp³-hybridized carbons (Fsp3) is 0.263. The molecule has 1 aliphatic heterocycles. The van der Waals surface area contributed by atoms with Gasteiger partial charge in [0.2, 0.25) is 0 Å². The normalized spacial score (nSPS) is 20.7. The number of hydrogen-bond acceptors (Lipinski definition) is 7. The SMILES string of the molecule is COc1ccc(COC[C@@]2(O)CO[C@@H]([C@H](O)c3ccc4ccc5cccc6ccc3c4c56)[C@H]2OCc2ccc(OC)cc2)cc1. The Labute approximate surface area is 261 Å². The lowest BCUT2D eigenvalue weighted by atomic mass is 9.87. The minimum absolute atomic E-state index is 0.0337. The van der Waals surface area contributed by atoms with Gasteiger partial charge in [-0.25, -0.2) is 0 Å². The van der Waals surface area contributed by atoms with E-state index >= 15 is 0 Å². The topological polar surface area (TPSA) is 86.6 Å². The monoisotopic (exact) mass is 604 g/mol. The largest absolute Gasteiger partial charge is 0.497 e. The Bertz CT molecular complexity index is 1890. The fourth-order valence-corrected chi connectivity index (χ4v) is 6.51. The number of ether oxygens (including phenoxy) is 5. The van der Waals surface area contributed by atoms with Crippen LogP contribution in [0.5, 0.6) is 11.5 Å². The molecule has 45 heavy (non-hydrogen) atoms. The second-order valence-corrected chi connectivity index (χ2v) is 11.8. The molecular formula is C38H36O7. The molecule has 4 atom stereocenters. The summed E-state index contributed by atoms with van der Waals surface area (Å²) < 4.78 is 29.2. The Morgan fingerprint density at radius 1 is 0.733 bits per heavy atom. The molecule has 0 saturated carbocycles. The Kier molecular flexibility index (Phi) is 8.04. The smallest absolute Gasteiger partial charge is 0.140 e. The molecule has 1 aliphatic rings. The molecule has 1 fully saturated rings. The molecule has 2 N–H and O–H groups in total. The van der Waals surface area contributed by atoms with Crippen LogP contribution in [0.15, 0.2) is 103 Å². The van der Waals surface area contributed by atoms with Crippen molar-refractivity contribution in [3.8, 4) is 11.5 Å². The van der Waals surface area contributed by atoms with Gasteiger partial charge in [0.05, 0.1) is 40.6 Å². The van der Waals surface area contributed by atoms with Crippen LogP contribution in [0, 0.1) is 0 Å². The van der Waals surface area contributed by atoms with Crippen molar-refractivity contribution in [1.82, 2.24) is 0 Å². The molecule has 6 aromatic rings. The molecule has 7 heteroatoms. The first-order valence-electron chi connectivity index (χ1n) is 15.1. The Hall–Kier alpha value is -4.24. The van der Waals surface area contributed by atoms with Gasteiger partial charge in [-0.15, -0.1) is 0 Å². The van der Waals surface area contributed by atoms with Crippen molar-refractivity contribution >= 4 is 32.3 Å². The van der Waals surface area contributed by atoms with Gasteiger partial charge < -0.3 is 33.9 Å². The van der Waals surface area contributed by atoms with Crippen molar-refractivity contribution in [2.45, 2.75) is 37.1 Å². The van der Waals surface area contributed by atoms with E-state index in [1.165, 1.54) is 5.39 Å². The van der Waals surface area contributed by atoms with Crippen LogP contribution in [0.1, 0.15) is 22.8 Å². The van der Waals surface area contributed by atoms with Gasteiger partial charge in [0.15, 0.2) is 0 Å². The summed E-state index contributed by atoms with van der Waals surface area (Å²) in [5.74, 6) is 1.51. The van der Waals surface area contributed by atoms with E-state index in [1.54, 1.807) is 14.2 Å². The molecule has 0 spiro atoms. The zero-order valence-corrected chi connectivity index (χ0v) is 25.3. The Morgan fingerprint density at radius 3 is 1.96 bits per heavy atom. The van der Waals surface area contributed by atoms with Crippen LogP contribution in [-0.2, 0) is 27.4 Å². The summed E-state index contributed by atoms with van der Waals surface area (Å²) in [7, 11) is 3.25. The van der Waals surface area contributed by atoms with Gasteiger partial charge in [-0.1, -0.05) is 78.9 Å². The standard InChI is InChI=1S/C38H36O7/c1-41-29-14-6-24(7-15-29)20-43-22-38(40)23-45-36(37(38)44-21-25-8-16-30(42-2)17-9-25)35(39)32-19-13-28-11-10-26-4-3-5-27-12-18-31(32)34(28)33(26)27/h3-19,35-37,39-40H,20-23H2,1-2H3/t35-,36+,37-,38-/m1/s1. The van der Waals surface area contributed by atoms with Crippen molar-refractivity contribution in [3.63, 3.8) is 0 Å². The summed E-state index contributed by atoms with van der Waals surface area (Å²) in [6.45, 7) is 0.421. The van der Waals surface area contributed by atoms with Gasteiger partial charge in [-0.2, -0.15) is 0 Å². The number of methoxy groups -OCH3 is 2. The Balaban J connectivity index is 1.18. The van der Waals surface area contributed by atoms with Gasteiger partial charge in [0.25, 0.3) is 0 Å². The van der Waals surface area contributed by atoms with E-state index in [0.29, 0.717) is 6.61 Å². The molecule has 0 bridgehead atoms. The average Bonchev–Trinajstić information content (AvgIpc) is 3.41. The van der Waals surface area contributed by atoms with Gasteiger partial charge in [-0.3, -0.25) is 0 Å². The molecule has 230 valence electrons. The molecular weight excluding hydrogens is 568 g/mol. The van der Waals surface area contributed by atoms with E-state index in [4.69, 9.17) is 23.7 Å². The zero-order chi connectivity index (χ0) is 31.0. The lowest BCUT2D eigenvalue weighted by Crippen LogP contribution is -2.50. The average molecular weight is 605 g/mol. The number of hydrogen-bond donors (Lipinski definition) is 2. The summed E-state index contributed by atoms with van der Waals surface area (Å²) in [4.78, 5) is 0. The lowest BCUT2D eigenvalue weighted by molar-refractivity contribution is -0.141. The first kappa shape index (κ1) is 29.5. The predicted octanol–water partition coefficient (Wildman–Crippen LogP) is 6.57. The van der Waals surface area contributed by atoms with Crippen LogP contribution in [-0.4, -0.2) is 55.5 Å². The van der Waals surface area contributed by atoms with Crippen molar-refractivity contribution in [3.05, 3.63) is 120 Å². The maximum Gasteiger partial charge on any atom is 0.140 e. The summed E-state index contributed by atoms with van der Waals surface area (Å²) in [6.07, 6.45) is -2.77. The van der Waals surface area contributed by atoms with Crippen LogP contribution >= 0.6 is 0 Å². The fourth-order valence-electron chi connectivity index (χ4n) is 6.51. The van der Waals surface area contributed by atoms with Crippen LogP contribution < -0.4 is 9.47 Å². The molecule has 0 amide bonds. The minimum atomic E-state index is -1.49. The molecule has 0 radical (unpaired) electrons. The zero-order valence-electron chi connectivity index (χ0n) is 25.3. The van der Waals surface area contributed by atoms with Crippen molar-refractivity contribution in [2.24, 2.45) is 0 Å². The van der Waals surface area contributed by atoms with E-state index in [2.05, 4.69) is 42.5 Å². The number of aliphatic hydroxyl groups is 2. The maximum atomic E-state index is 12.0. The van der Waals surface area contributed by atoms with Crippen molar-refractivity contribution in [1.29, 1.82) is 0 Å². The van der Waals surface area contributed by atoms with Gasteiger partial charge in [0.1, 0.15) is 35.4 Å². The summed E-state index contributed by atoms with van der Waals surface area (Å²) in [5, 5.41) is 30.6. The van der Waals surface area contributed by atoms with E-state index in [0.717, 1.165) is 55.1 Å². The highest BCUT2D eigenvalue weighted by Gasteiger charge is 2.53. The van der Waals surface area contributed by atoms with Crippen LogP contribution in [0.4, 0.5) is 0 Å². The van der Waals surface area contributed by atoms with Crippen LogP contribution in [0.25, 0.3) is 32.3 Å². The number of rotatable bonds is 11. The highest BCUT2D eigenvalue weighted by molar-refractivity contribution is 6.23. The van der Waals surface area contributed by atoms with E-state index in [9.17, 15) is 10.2 Å². The van der Waals surface area contributed by atoms with Gasteiger partial charge >= 0.3 is 0 Å². The third-order valence-electron chi connectivity index (χ3n) is 8.91. The summed E-state index contributed by atoms with van der Waals surface area (Å²) in [6, 6.07) is 33.8. The molecule has 0 unspecified atom stereocenters. The number of benzene rings is 6. The quantitative estimate of drug-likeness (QED) is 0.162. The van der Waals surface area contributed by atoms with E-state index in [1.807, 2.05) is 60.7 Å². The molecule has 1 heterocycles. The minimum Gasteiger partial charge on any atom is -0.497 e. The molecule has 7 rings (SSSR count).